The Hall–Kier alpha value is -1.87. The van der Waals surface area contributed by atoms with E-state index in [9.17, 15) is 14.4 Å². The van der Waals surface area contributed by atoms with E-state index in [-0.39, 0.29) is 12.6 Å². The molecule has 0 aliphatic carbocycles. The molecule has 25 heavy (non-hydrogen) atoms. The number of hydrogen-bond donors (Lipinski definition) is 3. The van der Waals surface area contributed by atoms with Crippen LogP contribution in [0.2, 0.25) is 0 Å². The summed E-state index contributed by atoms with van der Waals surface area (Å²) >= 11 is 3.84. The molecule has 0 bridgehead atoms. The highest BCUT2D eigenvalue weighted by Gasteiger charge is 2.18. The highest BCUT2D eigenvalue weighted by Crippen LogP contribution is 2.45. The molecule has 1 aromatic rings. The summed E-state index contributed by atoms with van der Waals surface area (Å²) in [5.41, 5.74) is 5.40. The molecule has 0 aromatic heterocycles. The topological polar surface area (TPSA) is 96.5 Å². The molecule has 0 spiro atoms. The molecule has 1 aliphatic rings. The molecule has 1 saturated heterocycles. The lowest BCUT2D eigenvalue weighted by Gasteiger charge is -2.11. The van der Waals surface area contributed by atoms with Crippen LogP contribution in [-0.2, 0) is 14.4 Å². The van der Waals surface area contributed by atoms with Gasteiger partial charge in [-0.2, -0.15) is 0 Å². The Morgan fingerprint density at radius 1 is 1.08 bits per heavy atom. The number of amides is 3. The fraction of sp³-hybridized carbons (Fsp3) is 0.438. The summed E-state index contributed by atoms with van der Waals surface area (Å²) in [6.45, 7) is 3.19. The standard InChI is InChI=1S/C16H21N3O4S2/c1-10(2)17-14(21)15(22)19-18-13(20)9-23-12-5-3-11(4-6-12)16-24-7-8-25-16/h3-6,10,16H,7-9H2,1-2H3,(H,17,21)(H,18,20)(H,19,22). The SMILES string of the molecule is CC(C)NC(=O)C(=O)NNC(=O)COc1ccc(C2SCCS2)cc1. The quantitative estimate of drug-likeness (QED) is 0.523. The zero-order valence-corrected chi connectivity index (χ0v) is 15.7. The number of hydrazine groups is 1. The van der Waals surface area contributed by atoms with Gasteiger partial charge >= 0.3 is 11.8 Å². The van der Waals surface area contributed by atoms with Crippen molar-refractivity contribution in [1.82, 2.24) is 16.2 Å². The molecular formula is C16H21N3O4S2. The number of rotatable bonds is 5. The van der Waals surface area contributed by atoms with Crippen LogP contribution in [0.25, 0.3) is 0 Å². The lowest BCUT2D eigenvalue weighted by Crippen LogP contribution is -2.50. The van der Waals surface area contributed by atoms with Gasteiger partial charge in [0.2, 0.25) is 0 Å². The van der Waals surface area contributed by atoms with Gasteiger partial charge in [0, 0.05) is 17.5 Å². The van der Waals surface area contributed by atoms with Gasteiger partial charge in [-0.3, -0.25) is 25.2 Å². The van der Waals surface area contributed by atoms with Gasteiger partial charge in [0.05, 0.1) is 4.58 Å². The first-order chi connectivity index (χ1) is 12.0. The third-order valence-corrected chi connectivity index (χ3v) is 6.19. The van der Waals surface area contributed by atoms with Crippen LogP contribution in [-0.4, -0.2) is 41.9 Å². The number of nitrogens with one attached hydrogen (secondary N) is 3. The maximum Gasteiger partial charge on any atom is 0.327 e. The van der Waals surface area contributed by atoms with Crippen LogP contribution < -0.4 is 20.9 Å². The summed E-state index contributed by atoms with van der Waals surface area (Å²) in [7, 11) is 0. The summed E-state index contributed by atoms with van der Waals surface area (Å²) in [6.07, 6.45) is 0. The van der Waals surface area contributed by atoms with Gasteiger partial charge in [0.25, 0.3) is 5.91 Å². The summed E-state index contributed by atoms with van der Waals surface area (Å²) in [5, 5.41) is 2.42. The number of carbonyl (C=O) groups is 3. The molecule has 0 radical (unpaired) electrons. The third kappa shape index (κ3) is 6.50. The minimum Gasteiger partial charge on any atom is -0.484 e. The maximum atomic E-state index is 11.7. The van der Waals surface area contributed by atoms with Crippen molar-refractivity contribution in [2.45, 2.75) is 24.5 Å². The van der Waals surface area contributed by atoms with Gasteiger partial charge in [0.1, 0.15) is 5.75 Å². The smallest absolute Gasteiger partial charge is 0.327 e. The van der Waals surface area contributed by atoms with Crippen LogP contribution >= 0.6 is 23.5 Å². The number of thioether (sulfide) groups is 2. The fourth-order valence-corrected chi connectivity index (χ4v) is 4.83. The summed E-state index contributed by atoms with van der Waals surface area (Å²) in [5.74, 6) is 0.587. The van der Waals surface area contributed by atoms with Gasteiger partial charge in [0.15, 0.2) is 6.61 Å². The van der Waals surface area contributed by atoms with E-state index in [0.29, 0.717) is 10.3 Å². The molecule has 3 N–H and O–H groups in total. The molecule has 1 fully saturated rings. The molecule has 1 heterocycles. The first-order valence-corrected chi connectivity index (χ1v) is 9.91. The molecule has 1 aromatic carbocycles. The van der Waals surface area contributed by atoms with Crippen LogP contribution in [0.1, 0.15) is 24.0 Å². The van der Waals surface area contributed by atoms with Crippen molar-refractivity contribution in [3.05, 3.63) is 29.8 Å². The van der Waals surface area contributed by atoms with E-state index >= 15 is 0 Å². The van der Waals surface area contributed by atoms with Crippen LogP contribution in [0.4, 0.5) is 0 Å². The zero-order valence-electron chi connectivity index (χ0n) is 14.0. The predicted octanol–water partition coefficient (Wildman–Crippen LogP) is 1.22. The van der Waals surface area contributed by atoms with E-state index < -0.39 is 17.7 Å². The summed E-state index contributed by atoms with van der Waals surface area (Å²) < 4.78 is 5.83. The summed E-state index contributed by atoms with van der Waals surface area (Å²) in [6, 6.07) is 7.44. The van der Waals surface area contributed by atoms with E-state index in [2.05, 4.69) is 10.7 Å². The molecule has 0 saturated carbocycles. The van der Waals surface area contributed by atoms with E-state index in [1.165, 1.54) is 5.56 Å². The van der Waals surface area contributed by atoms with Crippen LogP contribution in [0.3, 0.4) is 0 Å². The van der Waals surface area contributed by atoms with Gasteiger partial charge in [-0.1, -0.05) is 12.1 Å². The van der Waals surface area contributed by atoms with Crippen molar-refractivity contribution < 1.29 is 19.1 Å². The second-order valence-corrected chi connectivity index (χ2v) is 8.29. The number of ether oxygens (including phenoxy) is 1. The van der Waals surface area contributed by atoms with Gasteiger partial charge in [-0.15, -0.1) is 23.5 Å². The molecule has 136 valence electrons. The Bertz CT molecular complexity index is 616. The highest BCUT2D eigenvalue weighted by atomic mass is 32.2. The van der Waals surface area contributed by atoms with Crippen molar-refractivity contribution in [2.75, 3.05) is 18.1 Å². The Balaban J connectivity index is 1.70. The fourth-order valence-electron chi connectivity index (χ4n) is 1.97. The monoisotopic (exact) mass is 383 g/mol. The average Bonchev–Trinajstić information content (AvgIpc) is 3.12. The van der Waals surface area contributed by atoms with Crippen molar-refractivity contribution in [1.29, 1.82) is 0 Å². The summed E-state index contributed by atoms with van der Waals surface area (Å²) in [4.78, 5) is 34.5. The Morgan fingerprint density at radius 2 is 1.72 bits per heavy atom. The van der Waals surface area contributed by atoms with Gasteiger partial charge in [-0.05, 0) is 31.5 Å². The number of hydrogen-bond acceptors (Lipinski definition) is 6. The highest BCUT2D eigenvalue weighted by molar-refractivity contribution is 8.19. The largest absolute Gasteiger partial charge is 0.484 e. The van der Waals surface area contributed by atoms with Crippen LogP contribution in [0.5, 0.6) is 5.75 Å². The molecule has 7 nitrogen and oxygen atoms in total. The molecule has 0 unspecified atom stereocenters. The van der Waals surface area contributed by atoms with E-state index in [4.69, 9.17) is 4.74 Å². The van der Waals surface area contributed by atoms with Crippen molar-refractivity contribution in [3.8, 4) is 5.75 Å². The number of benzene rings is 1. The van der Waals surface area contributed by atoms with Crippen LogP contribution in [0.15, 0.2) is 24.3 Å². The molecule has 9 heteroatoms. The second-order valence-electron chi connectivity index (χ2n) is 5.56. The maximum absolute atomic E-state index is 11.7. The Labute approximate surface area is 155 Å². The van der Waals surface area contributed by atoms with Crippen molar-refractivity contribution in [2.24, 2.45) is 0 Å². The second kappa shape index (κ2) is 9.57. The van der Waals surface area contributed by atoms with Crippen molar-refractivity contribution >= 4 is 41.2 Å². The predicted molar refractivity (Wildman–Crippen MR) is 99.2 cm³/mol. The minimum absolute atomic E-state index is 0.165. The average molecular weight is 383 g/mol. The van der Waals surface area contributed by atoms with Crippen molar-refractivity contribution in [3.63, 3.8) is 0 Å². The Morgan fingerprint density at radius 3 is 2.32 bits per heavy atom. The normalized spacial score (nSPS) is 14.2. The molecule has 3 amide bonds. The Kier molecular flexibility index (Phi) is 7.45. The van der Waals surface area contributed by atoms with Crippen LogP contribution in [0, 0.1) is 0 Å². The third-order valence-electron chi connectivity index (χ3n) is 3.09. The van der Waals surface area contributed by atoms with E-state index in [1.807, 2.05) is 53.2 Å². The van der Waals surface area contributed by atoms with E-state index in [1.54, 1.807) is 13.8 Å². The van der Waals surface area contributed by atoms with E-state index in [0.717, 1.165) is 11.5 Å². The molecule has 2 rings (SSSR count). The lowest BCUT2D eigenvalue weighted by atomic mass is 10.2. The number of carbonyl (C=O) groups excluding carboxylic acids is 3. The molecule has 1 aliphatic heterocycles. The first-order valence-electron chi connectivity index (χ1n) is 7.81. The zero-order chi connectivity index (χ0) is 18.2. The van der Waals surface area contributed by atoms with Gasteiger partial charge < -0.3 is 10.1 Å². The molecule has 0 atom stereocenters. The molecular weight excluding hydrogens is 362 g/mol. The minimum atomic E-state index is -0.932. The first kappa shape index (κ1) is 19.5. The van der Waals surface area contributed by atoms with Gasteiger partial charge in [-0.25, -0.2) is 0 Å². The lowest BCUT2D eigenvalue weighted by molar-refractivity contribution is -0.141.